The maximum atomic E-state index is 15.1. The SMILES string of the molecule is CCCC1CCc2c(cc(F)c(C#Cc3ccc(-c4cc(F)c(N=C=S)c(F)c4)c(C)c3)c2F)C1. The number of hydrogen-bond acceptors (Lipinski definition) is 2. The van der Waals surface area contributed by atoms with E-state index in [-0.39, 0.29) is 5.56 Å². The minimum absolute atomic E-state index is 0.224. The number of halogens is 4. The number of aryl methyl sites for hydroxylation is 1. The van der Waals surface area contributed by atoms with Crippen LogP contribution in [0.25, 0.3) is 11.1 Å². The minimum Gasteiger partial charge on any atom is -0.206 e. The number of thiocarbonyl (C=S) groups is 1. The van der Waals surface area contributed by atoms with Crippen LogP contribution in [0.3, 0.4) is 0 Å². The predicted molar refractivity (Wildman–Crippen MR) is 134 cm³/mol. The Morgan fingerprint density at radius 1 is 1.00 bits per heavy atom. The Labute approximate surface area is 207 Å². The van der Waals surface area contributed by atoms with Gasteiger partial charge in [-0.3, -0.25) is 0 Å². The summed E-state index contributed by atoms with van der Waals surface area (Å²) in [6, 6.07) is 8.81. The van der Waals surface area contributed by atoms with E-state index in [9.17, 15) is 13.2 Å². The molecule has 178 valence electrons. The Balaban J connectivity index is 1.64. The first-order valence-electron chi connectivity index (χ1n) is 11.5. The van der Waals surface area contributed by atoms with Crippen LogP contribution in [0.1, 0.15) is 54.0 Å². The fourth-order valence-corrected chi connectivity index (χ4v) is 4.86. The lowest BCUT2D eigenvalue weighted by Crippen LogP contribution is -2.17. The Hall–Kier alpha value is -3.26. The second-order valence-electron chi connectivity index (χ2n) is 8.85. The van der Waals surface area contributed by atoms with E-state index in [2.05, 4.69) is 36.0 Å². The maximum Gasteiger partial charge on any atom is 0.153 e. The van der Waals surface area contributed by atoms with Crippen molar-refractivity contribution in [3.8, 4) is 23.0 Å². The van der Waals surface area contributed by atoms with Crippen molar-refractivity contribution in [2.75, 3.05) is 0 Å². The molecule has 0 spiro atoms. The van der Waals surface area contributed by atoms with Gasteiger partial charge in [0.05, 0.1) is 10.7 Å². The highest BCUT2D eigenvalue weighted by molar-refractivity contribution is 7.78. The fourth-order valence-electron chi connectivity index (χ4n) is 4.77. The normalized spacial score (nSPS) is 14.5. The largest absolute Gasteiger partial charge is 0.206 e. The van der Waals surface area contributed by atoms with Crippen molar-refractivity contribution in [3.05, 3.63) is 87.5 Å². The highest BCUT2D eigenvalue weighted by Gasteiger charge is 2.24. The maximum absolute atomic E-state index is 15.1. The van der Waals surface area contributed by atoms with Crippen molar-refractivity contribution in [3.63, 3.8) is 0 Å². The van der Waals surface area contributed by atoms with E-state index in [0.717, 1.165) is 24.8 Å². The molecule has 1 nitrogen and oxygen atoms in total. The molecule has 1 unspecified atom stereocenters. The van der Waals surface area contributed by atoms with Gasteiger partial charge in [0.1, 0.15) is 17.3 Å². The molecule has 4 rings (SSSR count). The van der Waals surface area contributed by atoms with E-state index in [1.807, 2.05) is 5.16 Å². The van der Waals surface area contributed by atoms with Crippen LogP contribution >= 0.6 is 12.2 Å². The number of fused-ring (bicyclic) bond motifs is 1. The number of isothiocyanates is 1. The summed E-state index contributed by atoms with van der Waals surface area (Å²) >= 11 is 4.42. The average molecular weight is 494 g/mol. The summed E-state index contributed by atoms with van der Waals surface area (Å²) in [6.45, 7) is 3.89. The molecule has 0 radical (unpaired) electrons. The summed E-state index contributed by atoms with van der Waals surface area (Å²) in [7, 11) is 0. The van der Waals surface area contributed by atoms with E-state index in [1.54, 1.807) is 25.1 Å². The molecule has 0 aliphatic heterocycles. The van der Waals surface area contributed by atoms with Crippen LogP contribution < -0.4 is 0 Å². The molecule has 3 aromatic rings. The number of benzene rings is 3. The van der Waals surface area contributed by atoms with Gasteiger partial charge in [-0.15, -0.1) is 0 Å². The molecule has 0 heterocycles. The van der Waals surface area contributed by atoms with Crippen LogP contribution in [0, 0.1) is 48.0 Å². The molecule has 3 aromatic carbocycles. The topological polar surface area (TPSA) is 12.4 Å². The highest BCUT2D eigenvalue weighted by atomic mass is 32.1. The second kappa shape index (κ2) is 10.6. The van der Waals surface area contributed by atoms with Gasteiger partial charge in [-0.05, 0) is 102 Å². The van der Waals surface area contributed by atoms with Gasteiger partial charge in [-0.1, -0.05) is 37.7 Å². The zero-order valence-corrected chi connectivity index (χ0v) is 20.3. The molecule has 0 bridgehead atoms. The molecule has 1 atom stereocenters. The van der Waals surface area contributed by atoms with E-state index in [4.69, 9.17) is 0 Å². The van der Waals surface area contributed by atoms with Gasteiger partial charge in [0.15, 0.2) is 11.6 Å². The average Bonchev–Trinajstić information content (AvgIpc) is 2.81. The summed E-state index contributed by atoms with van der Waals surface area (Å²) in [5.74, 6) is 3.05. The molecule has 0 amide bonds. The van der Waals surface area contributed by atoms with Crippen molar-refractivity contribution in [2.24, 2.45) is 10.9 Å². The predicted octanol–water partition coefficient (Wildman–Crippen LogP) is 8.26. The zero-order valence-electron chi connectivity index (χ0n) is 19.4. The third-order valence-electron chi connectivity index (χ3n) is 6.46. The third kappa shape index (κ3) is 5.22. The first-order chi connectivity index (χ1) is 16.8. The molecule has 1 aliphatic carbocycles. The van der Waals surface area contributed by atoms with Gasteiger partial charge < -0.3 is 0 Å². The Morgan fingerprint density at radius 2 is 1.74 bits per heavy atom. The third-order valence-corrected chi connectivity index (χ3v) is 6.55. The van der Waals surface area contributed by atoms with Crippen molar-refractivity contribution < 1.29 is 17.6 Å². The molecule has 0 aromatic heterocycles. The minimum atomic E-state index is -0.847. The van der Waals surface area contributed by atoms with Crippen LogP contribution in [0.5, 0.6) is 0 Å². The summed E-state index contributed by atoms with van der Waals surface area (Å²) in [6.07, 6.45) is 4.31. The lowest BCUT2D eigenvalue weighted by atomic mass is 9.81. The van der Waals surface area contributed by atoms with Crippen molar-refractivity contribution in [1.29, 1.82) is 0 Å². The lowest BCUT2D eigenvalue weighted by Gasteiger charge is -2.25. The monoisotopic (exact) mass is 493 g/mol. The number of hydrogen-bond donors (Lipinski definition) is 0. The molecule has 6 heteroatoms. The van der Waals surface area contributed by atoms with Gasteiger partial charge >= 0.3 is 0 Å². The van der Waals surface area contributed by atoms with Crippen LogP contribution in [0.2, 0.25) is 0 Å². The lowest BCUT2D eigenvalue weighted by molar-refractivity contribution is 0.411. The number of aliphatic imine (C=N–C) groups is 1. The summed E-state index contributed by atoms with van der Waals surface area (Å²) in [4.78, 5) is 3.42. The van der Waals surface area contributed by atoms with Gasteiger partial charge in [0.25, 0.3) is 0 Å². The Morgan fingerprint density at radius 3 is 2.40 bits per heavy atom. The van der Waals surface area contributed by atoms with Gasteiger partial charge in [-0.2, -0.15) is 4.99 Å². The van der Waals surface area contributed by atoms with Gasteiger partial charge in [0, 0.05) is 5.56 Å². The molecule has 0 saturated heterocycles. The van der Waals surface area contributed by atoms with E-state index in [0.29, 0.717) is 46.6 Å². The quantitative estimate of drug-likeness (QED) is 0.154. The first-order valence-corrected chi connectivity index (χ1v) is 11.9. The molecule has 0 saturated carbocycles. The smallest absolute Gasteiger partial charge is 0.153 e. The molecule has 0 fully saturated rings. The highest BCUT2D eigenvalue weighted by Crippen LogP contribution is 2.33. The van der Waals surface area contributed by atoms with Crippen molar-refractivity contribution >= 4 is 23.1 Å². The molecular formula is C29H23F4NS. The first kappa shape index (κ1) is 24.9. The van der Waals surface area contributed by atoms with E-state index < -0.39 is 29.0 Å². The van der Waals surface area contributed by atoms with Crippen molar-refractivity contribution in [2.45, 2.75) is 46.0 Å². The summed E-state index contributed by atoms with van der Waals surface area (Å²) in [5.41, 5.74) is 2.77. The second-order valence-corrected chi connectivity index (χ2v) is 9.04. The Kier molecular flexibility index (Phi) is 7.50. The van der Waals surface area contributed by atoms with Gasteiger partial charge in [-0.25, -0.2) is 17.6 Å². The van der Waals surface area contributed by atoms with E-state index >= 15 is 4.39 Å². The standard InChI is InChI=1S/C29H23F4NS/c1-3-4-18-6-9-23-20(12-18)13-25(30)24(28(23)33)10-7-19-5-8-22(17(2)11-19)21-14-26(31)29(34-16-35)27(32)15-21/h5,8,11,13-15,18H,3-4,6,9,12H2,1-2H3. The van der Waals surface area contributed by atoms with Crippen molar-refractivity contribution in [1.82, 2.24) is 0 Å². The fraction of sp³-hybridized carbons (Fsp3) is 0.276. The van der Waals surface area contributed by atoms with Crippen LogP contribution in [-0.4, -0.2) is 5.16 Å². The molecular weight excluding hydrogens is 470 g/mol. The molecule has 1 aliphatic rings. The zero-order chi connectivity index (χ0) is 25.1. The summed E-state index contributed by atoms with van der Waals surface area (Å²) in [5, 5.41) is 1.96. The van der Waals surface area contributed by atoms with Crippen LogP contribution in [0.15, 0.2) is 41.4 Å². The Bertz CT molecular complexity index is 1390. The molecule has 35 heavy (non-hydrogen) atoms. The van der Waals surface area contributed by atoms with E-state index in [1.165, 1.54) is 18.2 Å². The van der Waals surface area contributed by atoms with Crippen LogP contribution in [-0.2, 0) is 12.8 Å². The van der Waals surface area contributed by atoms with Crippen LogP contribution in [0.4, 0.5) is 23.2 Å². The number of nitrogens with zero attached hydrogens (tertiary/aromatic N) is 1. The molecule has 0 N–H and O–H groups in total. The summed E-state index contributed by atoms with van der Waals surface area (Å²) < 4.78 is 58.4. The number of rotatable bonds is 4. The van der Waals surface area contributed by atoms with Gasteiger partial charge in [0.2, 0.25) is 0 Å².